The molecule has 15 heavy (non-hydrogen) atoms. The van der Waals surface area contributed by atoms with Gasteiger partial charge in [-0.1, -0.05) is 6.07 Å². The number of fused-ring (bicyclic) bond motifs is 1. The van der Waals surface area contributed by atoms with Crippen molar-refractivity contribution in [2.24, 2.45) is 0 Å². The quantitative estimate of drug-likeness (QED) is 0.801. The summed E-state index contributed by atoms with van der Waals surface area (Å²) in [5.74, 6) is 0.667. The highest BCUT2D eigenvalue weighted by Crippen LogP contribution is 2.38. The van der Waals surface area contributed by atoms with E-state index in [0.717, 1.165) is 5.57 Å². The molecule has 0 unspecified atom stereocenters. The maximum Gasteiger partial charge on any atom is 0.200 e. The van der Waals surface area contributed by atoms with Crippen molar-refractivity contribution in [3.8, 4) is 0 Å². The van der Waals surface area contributed by atoms with Gasteiger partial charge >= 0.3 is 0 Å². The van der Waals surface area contributed by atoms with Crippen molar-refractivity contribution in [1.29, 1.82) is 0 Å². The zero-order valence-corrected chi connectivity index (χ0v) is 9.86. The van der Waals surface area contributed by atoms with Crippen molar-refractivity contribution >= 4 is 32.9 Å². The first-order chi connectivity index (χ1) is 7.06. The fraction of sp³-hybridized carbons (Fsp3) is 0.200. The van der Waals surface area contributed by atoms with Crippen molar-refractivity contribution in [1.82, 2.24) is 0 Å². The largest absolute Gasteiger partial charge is 0.398 e. The zero-order valence-electron chi connectivity index (χ0n) is 8.23. The number of hydrogen-bond donors (Lipinski definition) is 1. The number of anilines is 1. The average molecular weight is 241 g/mol. The van der Waals surface area contributed by atoms with Crippen molar-refractivity contribution in [2.45, 2.75) is 4.90 Å². The van der Waals surface area contributed by atoms with Gasteiger partial charge in [0.05, 0.1) is 4.90 Å². The lowest BCUT2D eigenvalue weighted by Crippen LogP contribution is -1.97. The Morgan fingerprint density at radius 1 is 1.40 bits per heavy atom. The molecule has 0 aromatic heterocycles. The Morgan fingerprint density at radius 2 is 2.13 bits per heavy atom. The summed E-state index contributed by atoms with van der Waals surface area (Å²) < 4.78 is 23.5. The fourth-order valence-corrected chi connectivity index (χ4v) is 3.85. The molecule has 0 fully saturated rings. The van der Waals surface area contributed by atoms with E-state index in [1.165, 1.54) is 5.41 Å². The van der Waals surface area contributed by atoms with Crippen LogP contribution < -0.4 is 5.73 Å². The zero-order chi connectivity index (χ0) is 11.1. The number of thioether (sulfide) groups is 1. The predicted molar refractivity (Wildman–Crippen MR) is 64.4 cm³/mol. The molecule has 2 rings (SSSR count). The Morgan fingerprint density at radius 3 is 2.80 bits per heavy atom. The number of rotatable bonds is 2. The van der Waals surface area contributed by atoms with Gasteiger partial charge in [-0.05, 0) is 24.0 Å². The monoisotopic (exact) mass is 241 g/mol. The van der Waals surface area contributed by atoms with Crippen LogP contribution in [0.1, 0.15) is 5.56 Å². The van der Waals surface area contributed by atoms with Crippen molar-refractivity contribution in [3.05, 3.63) is 29.2 Å². The van der Waals surface area contributed by atoms with Crippen LogP contribution in [0, 0.1) is 0 Å². The molecule has 0 bridgehead atoms. The molecule has 3 nitrogen and oxygen atoms in total. The molecule has 80 valence electrons. The first-order valence-electron chi connectivity index (χ1n) is 4.40. The van der Waals surface area contributed by atoms with Gasteiger partial charge in [-0.25, -0.2) is 8.42 Å². The molecular weight excluding hydrogens is 230 g/mol. The van der Waals surface area contributed by atoms with Gasteiger partial charge in [-0.2, -0.15) is 11.8 Å². The molecule has 5 heteroatoms. The van der Waals surface area contributed by atoms with Gasteiger partial charge < -0.3 is 5.73 Å². The maximum absolute atomic E-state index is 11.7. The van der Waals surface area contributed by atoms with Crippen LogP contribution in [0.5, 0.6) is 0 Å². The minimum Gasteiger partial charge on any atom is -0.398 e. The van der Waals surface area contributed by atoms with Gasteiger partial charge in [0.15, 0.2) is 0 Å². The normalized spacial score (nSPS) is 17.3. The third-order valence-corrected chi connectivity index (χ3v) is 4.43. The average Bonchev–Trinajstić information content (AvgIpc) is 2.41. The van der Waals surface area contributed by atoms with Gasteiger partial charge in [0.2, 0.25) is 9.84 Å². The SMILES string of the molecule is CSCC1=CS(=O)(=O)c2cccc(N)c21. The molecule has 0 radical (unpaired) electrons. The molecule has 1 aromatic carbocycles. The van der Waals surface area contributed by atoms with Gasteiger partial charge in [0.25, 0.3) is 0 Å². The minimum atomic E-state index is -3.25. The number of nitrogen functional groups attached to an aromatic ring is 1. The van der Waals surface area contributed by atoms with E-state index in [9.17, 15) is 8.42 Å². The van der Waals surface area contributed by atoms with Crippen LogP contribution in [-0.4, -0.2) is 20.4 Å². The third-order valence-electron chi connectivity index (χ3n) is 2.28. The van der Waals surface area contributed by atoms with Crippen LogP contribution in [0.3, 0.4) is 0 Å². The van der Waals surface area contributed by atoms with Gasteiger partial charge in [0, 0.05) is 22.4 Å². The first-order valence-corrected chi connectivity index (χ1v) is 7.34. The van der Waals surface area contributed by atoms with Crippen LogP contribution in [0.2, 0.25) is 0 Å². The lowest BCUT2D eigenvalue weighted by atomic mass is 10.1. The van der Waals surface area contributed by atoms with E-state index in [1.807, 2.05) is 6.26 Å². The third kappa shape index (κ3) is 1.66. The molecule has 0 saturated carbocycles. The summed E-state index contributed by atoms with van der Waals surface area (Å²) >= 11 is 1.58. The Kier molecular flexibility index (Phi) is 2.52. The fourth-order valence-electron chi connectivity index (χ4n) is 1.70. The van der Waals surface area contributed by atoms with E-state index in [1.54, 1.807) is 30.0 Å². The lowest BCUT2D eigenvalue weighted by molar-refractivity contribution is 0.605. The summed E-state index contributed by atoms with van der Waals surface area (Å²) in [5, 5.41) is 1.32. The second-order valence-electron chi connectivity index (χ2n) is 3.34. The van der Waals surface area contributed by atoms with E-state index in [4.69, 9.17) is 5.73 Å². The van der Waals surface area contributed by atoms with Crippen LogP contribution in [0.25, 0.3) is 5.57 Å². The van der Waals surface area contributed by atoms with Crippen molar-refractivity contribution in [3.63, 3.8) is 0 Å². The number of sulfone groups is 1. The van der Waals surface area contributed by atoms with Crippen LogP contribution in [0.15, 0.2) is 28.5 Å². The standard InChI is InChI=1S/C10H11NO2S2/c1-14-5-7-6-15(12,13)9-4-2-3-8(11)10(7)9/h2-4,6H,5,11H2,1H3. The highest BCUT2D eigenvalue weighted by atomic mass is 32.2. The Labute approximate surface area is 93.3 Å². The molecule has 1 aliphatic heterocycles. The lowest BCUT2D eigenvalue weighted by Gasteiger charge is -2.05. The van der Waals surface area contributed by atoms with Crippen LogP contribution in [0.4, 0.5) is 5.69 Å². The molecule has 0 atom stereocenters. The maximum atomic E-state index is 11.7. The Bertz CT molecular complexity index is 532. The van der Waals surface area contributed by atoms with Crippen molar-refractivity contribution < 1.29 is 8.42 Å². The van der Waals surface area contributed by atoms with Crippen molar-refractivity contribution in [2.75, 3.05) is 17.7 Å². The Balaban J connectivity index is 2.69. The smallest absolute Gasteiger partial charge is 0.200 e. The molecule has 0 aliphatic carbocycles. The highest BCUT2D eigenvalue weighted by Gasteiger charge is 2.27. The van der Waals surface area contributed by atoms with E-state index >= 15 is 0 Å². The summed E-state index contributed by atoms with van der Waals surface area (Å²) in [6.45, 7) is 0. The van der Waals surface area contributed by atoms with E-state index < -0.39 is 9.84 Å². The topological polar surface area (TPSA) is 60.2 Å². The number of nitrogens with two attached hydrogens (primary N) is 1. The Hall–Kier alpha value is -0.940. The molecule has 1 aromatic rings. The molecule has 0 spiro atoms. The predicted octanol–water partition coefficient (Wildman–Crippen LogP) is 1.76. The summed E-state index contributed by atoms with van der Waals surface area (Å²) in [4.78, 5) is 0.339. The van der Waals surface area contributed by atoms with E-state index in [0.29, 0.717) is 21.9 Å². The highest BCUT2D eigenvalue weighted by molar-refractivity contribution is 7.99. The van der Waals surface area contributed by atoms with Gasteiger partial charge in [-0.3, -0.25) is 0 Å². The second kappa shape index (κ2) is 3.57. The first kappa shape index (κ1) is 10.6. The number of benzene rings is 1. The van der Waals surface area contributed by atoms with E-state index in [-0.39, 0.29) is 0 Å². The van der Waals surface area contributed by atoms with Crippen LogP contribution >= 0.6 is 11.8 Å². The van der Waals surface area contributed by atoms with Gasteiger partial charge in [0.1, 0.15) is 0 Å². The molecule has 2 N–H and O–H groups in total. The summed E-state index contributed by atoms with van der Waals surface area (Å²) in [5.41, 5.74) is 7.82. The second-order valence-corrected chi connectivity index (χ2v) is 5.97. The summed E-state index contributed by atoms with van der Waals surface area (Å²) in [6, 6.07) is 5.00. The number of hydrogen-bond acceptors (Lipinski definition) is 4. The summed E-state index contributed by atoms with van der Waals surface area (Å²) in [6.07, 6.45) is 1.94. The molecule has 0 amide bonds. The molecule has 0 saturated heterocycles. The minimum absolute atomic E-state index is 0.339. The summed E-state index contributed by atoms with van der Waals surface area (Å²) in [7, 11) is -3.25. The molecule has 1 aliphatic rings. The van der Waals surface area contributed by atoms with Crippen LogP contribution in [-0.2, 0) is 9.84 Å². The van der Waals surface area contributed by atoms with Gasteiger partial charge in [-0.15, -0.1) is 0 Å². The molecular formula is C10H11NO2S2. The van der Waals surface area contributed by atoms with E-state index in [2.05, 4.69) is 0 Å². The molecule has 1 heterocycles.